The van der Waals surface area contributed by atoms with E-state index in [9.17, 15) is 9.59 Å². The first kappa shape index (κ1) is 16.3. The van der Waals surface area contributed by atoms with Gasteiger partial charge in [0.05, 0.1) is 11.0 Å². The molecule has 1 aliphatic heterocycles. The van der Waals surface area contributed by atoms with E-state index in [1.807, 2.05) is 60.1 Å². The van der Waals surface area contributed by atoms with Crippen LogP contribution >= 0.6 is 0 Å². The highest BCUT2D eigenvalue weighted by Gasteiger charge is 2.25. The van der Waals surface area contributed by atoms with Crippen molar-refractivity contribution < 1.29 is 9.59 Å². The quantitative estimate of drug-likeness (QED) is 0.764. The fourth-order valence-electron chi connectivity index (χ4n) is 3.39. The van der Waals surface area contributed by atoms with Crippen LogP contribution in [0.25, 0.3) is 22.4 Å². The fourth-order valence-corrected chi connectivity index (χ4v) is 3.39. The molecule has 26 heavy (non-hydrogen) atoms. The van der Waals surface area contributed by atoms with Gasteiger partial charge in [0.1, 0.15) is 5.82 Å². The van der Waals surface area contributed by atoms with Gasteiger partial charge in [-0.3, -0.25) is 9.59 Å². The van der Waals surface area contributed by atoms with Gasteiger partial charge in [-0.15, -0.1) is 0 Å². The van der Waals surface area contributed by atoms with E-state index in [2.05, 4.69) is 10.6 Å². The van der Waals surface area contributed by atoms with Crippen LogP contribution in [0.5, 0.6) is 0 Å². The van der Waals surface area contributed by atoms with Crippen LogP contribution in [0.4, 0.5) is 5.69 Å². The maximum absolute atomic E-state index is 12.5. The topological polar surface area (TPSA) is 76.0 Å². The van der Waals surface area contributed by atoms with Crippen LogP contribution < -0.4 is 10.6 Å². The van der Waals surface area contributed by atoms with Crippen molar-refractivity contribution in [3.05, 3.63) is 48.5 Å². The summed E-state index contributed by atoms with van der Waals surface area (Å²) in [6.07, 6.45) is 0.915. The lowest BCUT2D eigenvalue weighted by Gasteiger charge is -2.21. The summed E-state index contributed by atoms with van der Waals surface area (Å²) in [7, 11) is 1.98. The molecule has 0 spiro atoms. The number of para-hydroxylation sites is 2. The Hall–Kier alpha value is -3.15. The molecule has 0 radical (unpaired) electrons. The highest BCUT2D eigenvalue weighted by Crippen LogP contribution is 2.26. The molecule has 1 aromatic heterocycles. The van der Waals surface area contributed by atoms with Crippen molar-refractivity contribution >= 4 is 28.5 Å². The van der Waals surface area contributed by atoms with E-state index in [0.717, 1.165) is 22.4 Å². The number of hydrogen-bond donors (Lipinski definition) is 2. The molecule has 1 fully saturated rings. The Balaban J connectivity index is 1.59. The van der Waals surface area contributed by atoms with E-state index in [4.69, 9.17) is 4.98 Å². The van der Waals surface area contributed by atoms with Crippen LogP contribution in [0, 0.1) is 5.92 Å². The maximum Gasteiger partial charge on any atom is 0.228 e. The first-order valence-electron chi connectivity index (χ1n) is 8.71. The van der Waals surface area contributed by atoms with Crippen LogP contribution in [0.1, 0.15) is 12.8 Å². The molecule has 6 nitrogen and oxygen atoms in total. The van der Waals surface area contributed by atoms with Gasteiger partial charge in [0.15, 0.2) is 0 Å². The number of imidazole rings is 1. The Bertz CT molecular complexity index is 992. The molecule has 0 saturated carbocycles. The average Bonchev–Trinajstić information content (AvgIpc) is 2.99. The van der Waals surface area contributed by atoms with Crippen LogP contribution in [0.3, 0.4) is 0 Å². The van der Waals surface area contributed by atoms with Crippen molar-refractivity contribution in [3.8, 4) is 11.4 Å². The standard InChI is InChI=1S/C20H20N4O2/c1-24-17-8-3-2-7-16(17)23-19(24)13-5-4-6-15(11-13)22-20(26)14-9-10-21-18(25)12-14/h2-8,11,14H,9-10,12H2,1H3,(H,21,25)(H,22,26)/t14-/m0/s1. The summed E-state index contributed by atoms with van der Waals surface area (Å²) >= 11 is 0. The second-order valence-corrected chi connectivity index (χ2v) is 6.59. The summed E-state index contributed by atoms with van der Waals surface area (Å²) in [5.41, 5.74) is 3.64. The number of amides is 2. The molecule has 2 aromatic carbocycles. The molecule has 0 bridgehead atoms. The normalized spacial score (nSPS) is 17.1. The molecule has 2 heterocycles. The highest BCUT2D eigenvalue weighted by molar-refractivity contribution is 5.96. The van der Waals surface area contributed by atoms with Gasteiger partial charge in [-0.1, -0.05) is 24.3 Å². The van der Waals surface area contributed by atoms with Crippen LogP contribution in [-0.2, 0) is 16.6 Å². The van der Waals surface area contributed by atoms with Gasteiger partial charge in [0, 0.05) is 37.2 Å². The molecule has 0 unspecified atom stereocenters. The number of benzene rings is 2. The van der Waals surface area contributed by atoms with Gasteiger partial charge in [-0.05, 0) is 30.7 Å². The number of anilines is 1. The number of aromatic nitrogens is 2. The zero-order chi connectivity index (χ0) is 18.1. The Kier molecular flexibility index (Phi) is 4.16. The molecular weight excluding hydrogens is 328 g/mol. The highest BCUT2D eigenvalue weighted by atomic mass is 16.2. The minimum absolute atomic E-state index is 0.0650. The zero-order valence-electron chi connectivity index (χ0n) is 14.5. The lowest BCUT2D eigenvalue weighted by atomic mass is 9.96. The van der Waals surface area contributed by atoms with Gasteiger partial charge in [0.25, 0.3) is 0 Å². The van der Waals surface area contributed by atoms with Crippen molar-refractivity contribution in [2.75, 3.05) is 11.9 Å². The molecule has 6 heteroatoms. The van der Waals surface area contributed by atoms with Gasteiger partial charge in [-0.25, -0.2) is 4.98 Å². The molecule has 132 valence electrons. The van der Waals surface area contributed by atoms with Crippen LogP contribution in [0.2, 0.25) is 0 Å². The number of carbonyl (C=O) groups excluding carboxylic acids is 2. The van der Waals surface area contributed by atoms with Gasteiger partial charge in [0.2, 0.25) is 11.8 Å². The van der Waals surface area contributed by atoms with Crippen molar-refractivity contribution in [3.63, 3.8) is 0 Å². The summed E-state index contributed by atoms with van der Waals surface area (Å²) in [6, 6.07) is 15.6. The minimum atomic E-state index is -0.275. The monoisotopic (exact) mass is 348 g/mol. The lowest BCUT2D eigenvalue weighted by Crippen LogP contribution is -2.38. The molecule has 1 saturated heterocycles. The van der Waals surface area contributed by atoms with Gasteiger partial charge >= 0.3 is 0 Å². The number of nitrogens with one attached hydrogen (secondary N) is 2. The predicted octanol–water partition coefficient (Wildman–Crippen LogP) is 2.71. The zero-order valence-corrected chi connectivity index (χ0v) is 14.5. The Morgan fingerprint density at radius 3 is 2.88 bits per heavy atom. The summed E-state index contributed by atoms with van der Waals surface area (Å²) in [5, 5.41) is 5.69. The van der Waals surface area contributed by atoms with Crippen LogP contribution in [0.15, 0.2) is 48.5 Å². The summed E-state index contributed by atoms with van der Waals surface area (Å²) in [6.45, 7) is 0.552. The van der Waals surface area contributed by atoms with E-state index in [1.165, 1.54) is 0 Å². The van der Waals surface area contributed by atoms with Crippen molar-refractivity contribution in [2.45, 2.75) is 12.8 Å². The summed E-state index contributed by atoms with van der Waals surface area (Å²) < 4.78 is 2.04. The third-order valence-corrected chi connectivity index (χ3v) is 4.79. The first-order valence-corrected chi connectivity index (χ1v) is 8.71. The number of fused-ring (bicyclic) bond motifs is 1. The first-order chi connectivity index (χ1) is 12.6. The predicted molar refractivity (Wildman–Crippen MR) is 101 cm³/mol. The van der Waals surface area contributed by atoms with Crippen molar-refractivity contribution in [1.29, 1.82) is 0 Å². The molecule has 4 rings (SSSR count). The van der Waals surface area contributed by atoms with E-state index < -0.39 is 0 Å². The fraction of sp³-hybridized carbons (Fsp3) is 0.250. The van der Waals surface area contributed by atoms with Gasteiger partial charge < -0.3 is 15.2 Å². The van der Waals surface area contributed by atoms with E-state index in [1.54, 1.807) is 0 Å². The summed E-state index contributed by atoms with van der Waals surface area (Å²) in [5.74, 6) is 0.398. The Labute approximate surface area is 151 Å². The average molecular weight is 348 g/mol. The molecule has 0 aliphatic carbocycles. The minimum Gasteiger partial charge on any atom is -0.356 e. The molecular formula is C20H20N4O2. The molecule has 2 N–H and O–H groups in total. The van der Waals surface area contributed by atoms with E-state index in [-0.39, 0.29) is 24.2 Å². The third kappa shape index (κ3) is 3.06. The maximum atomic E-state index is 12.5. The number of rotatable bonds is 3. The number of nitrogens with zero attached hydrogens (tertiary/aromatic N) is 2. The molecule has 1 aliphatic rings. The Morgan fingerprint density at radius 2 is 2.08 bits per heavy atom. The number of hydrogen-bond acceptors (Lipinski definition) is 3. The second kappa shape index (κ2) is 6.63. The second-order valence-electron chi connectivity index (χ2n) is 6.59. The SMILES string of the molecule is Cn1c(-c2cccc(NC(=O)[C@H]3CCNC(=O)C3)c2)nc2ccccc21. The van der Waals surface area contributed by atoms with Crippen LogP contribution in [-0.4, -0.2) is 27.9 Å². The van der Waals surface area contributed by atoms with Crippen molar-refractivity contribution in [2.24, 2.45) is 13.0 Å². The van der Waals surface area contributed by atoms with E-state index in [0.29, 0.717) is 18.7 Å². The Morgan fingerprint density at radius 1 is 1.23 bits per heavy atom. The third-order valence-electron chi connectivity index (χ3n) is 4.79. The molecule has 3 aromatic rings. The number of carbonyl (C=O) groups is 2. The molecule has 2 amide bonds. The van der Waals surface area contributed by atoms with E-state index >= 15 is 0 Å². The lowest BCUT2D eigenvalue weighted by molar-refractivity contribution is -0.129. The molecule has 1 atom stereocenters. The summed E-state index contributed by atoms with van der Waals surface area (Å²) in [4.78, 5) is 28.6. The smallest absolute Gasteiger partial charge is 0.228 e. The number of aryl methyl sites for hydroxylation is 1. The number of piperidine rings is 1. The van der Waals surface area contributed by atoms with Crippen molar-refractivity contribution in [1.82, 2.24) is 14.9 Å². The van der Waals surface area contributed by atoms with Gasteiger partial charge in [-0.2, -0.15) is 0 Å². The largest absolute Gasteiger partial charge is 0.356 e.